The van der Waals surface area contributed by atoms with Crippen LogP contribution >= 0.6 is 0 Å². The Balaban J connectivity index is 2.23. The molecule has 152 valence electrons. The van der Waals surface area contributed by atoms with E-state index in [2.05, 4.69) is 5.32 Å². The molecule has 1 atom stereocenters. The van der Waals surface area contributed by atoms with Crippen molar-refractivity contribution >= 4 is 5.91 Å². The van der Waals surface area contributed by atoms with Crippen LogP contribution in [0, 0.1) is 17.5 Å². The zero-order chi connectivity index (χ0) is 20.8. The Hall–Kier alpha value is -2.94. The fourth-order valence-electron chi connectivity index (χ4n) is 2.44. The van der Waals surface area contributed by atoms with Gasteiger partial charge in [-0.25, -0.2) is 13.2 Å². The van der Waals surface area contributed by atoms with E-state index >= 15 is 0 Å². The second-order valence-electron chi connectivity index (χ2n) is 5.95. The van der Waals surface area contributed by atoms with Crippen molar-refractivity contribution in [2.45, 2.75) is 26.1 Å². The minimum atomic E-state index is -1.04. The highest BCUT2D eigenvalue weighted by molar-refractivity contribution is 5.79. The fourth-order valence-corrected chi connectivity index (χ4v) is 2.44. The standard InChI is InChI=1S/C19H21F3N2O4/c1-10(19(23)25)24-8-13-17(26-2)6-12(7-18(13)27-3)28-9-14-15(21)4-11(20)5-16(14)22/h4-7,10,24H,8-9H2,1-3H3,(H2,23,25). The van der Waals surface area contributed by atoms with Crippen molar-refractivity contribution in [3.05, 3.63) is 52.8 Å². The van der Waals surface area contributed by atoms with Gasteiger partial charge in [0, 0.05) is 30.8 Å². The first kappa shape index (κ1) is 21.4. The predicted molar refractivity (Wildman–Crippen MR) is 95.7 cm³/mol. The molecule has 2 rings (SSSR count). The summed E-state index contributed by atoms with van der Waals surface area (Å²) in [6.07, 6.45) is 0. The molecule has 0 saturated heterocycles. The molecule has 0 aliphatic rings. The van der Waals surface area contributed by atoms with Crippen LogP contribution in [0.5, 0.6) is 17.2 Å². The Labute approximate surface area is 160 Å². The maximum absolute atomic E-state index is 13.8. The third-order valence-electron chi connectivity index (χ3n) is 4.08. The minimum Gasteiger partial charge on any atom is -0.496 e. The average Bonchev–Trinajstić information content (AvgIpc) is 2.64. The van der Waals surface area contributed by atoms with Crippen molar-refractivity contribution in [1.82, 2.24) is 5.32 Å². The van der Waals surface area contributed by atoms with Crippen molar-refractivity contribution in [2.24, 2.45) is 5.73 Å². The van der Waals surface area contributed by atoms with Gasteiger partial charge < -0.3 is 25.3 Å². The largest absolute Gasteiger partial charge is 0.496 e. The fraction of sp³-hybridized carbons (Fsp3) is 0.316. The second-order valence-corrected chi connectivity index (χ2v) is 5.95. The van der Waals surface area contributed by atoms with Gasteiger partial charge >= 0.3 is 0 Å². The maximum atomic E-state index is 13.8. The second kappa shape index (κ2) is 9.32. The van der Waals surface area contributed by atoms with E-state index < -0.39 is 41.6 Å². The molecule has 0 heterocycles. The van der Waals surface area contributed by atoms with Crippen LogP contribution in [-0.2, 0) is 17.9 Å². The molecule has 1 unspecified atom stereocenters. The first-order chi connectivity index (χ1) is 13.3. The lowest BCUT2D eigenvalue weighted by Crippen LogP contribution is -2.38. The number of carbonyl (C=O) groups is 1. The monoisotopic (exact) mass is 398 g/mol. The molecule has 1 amide bonds. The number of hydrogen-bond donors (Lipinski definition) is 2. The summed E-state index contributed by atoms with van der Waals surface area (Å²) >= 11 is 0. The third-order valence-corrected chi connectivity index (χ3v) is 4.08. The number of halogens is 3. The van der Waals surface area contributed by atoms with Crippen molar-refractivity contribution in [2.75, 3.05) is 14.2 Å². The summed E-state index contributed by atoms with van der Waals surface area (Å²) in [6.45, 7) is 1.38. The van der Waals surface area contributed by atoms with Crippen molar-refractivity contribution < 1.29 is 32.2 Å². The van der Waals surface area contributed by atoms with Crippen LogP contribution in [0.3, 0.4) is 0 Å². The Morgan fingerprint density at radius 1 is 1.04 bits per heavy atom. The van der Waals surface area contributed by atoms with Crippen LogP contribution < -0.4 is 25.3 Å². The number of ether oxygens (including phenoxy) is 3. The van der Waals surface area contributed by atoms with Gasteiger partial charge in [0.1, 0.15) is 41.3 Å². The van der Waals surface area contributed by atoms with Crippen LogP contribution in [0.1, 0.15) is 18.1 Å². The summed E-state index contributed by atoms with van der Waals surface area (Å²) in [4.78, 5) is 11.2. The van der Waals surface area contributed by atoms with Crippen LogP contribution in [0.15, 0.2) is 24.3 Å². The number of nitrogens with one attached hydrogen (secondary N) is 1. The van der Waals surface area contributed by atoms with Crippen molar-refractivity contribution in [3.63, 3.8) is 0 Å². The number of methoxy groups -OCH3 is 2. The summed E-state index contributed by atoms with van der Waals surface area (Å²) in [5, 5.41) is 2.94. The third kappa shape index (κ3) is 5.07. The Morgan fingerprint density at radius 3 is 2.04 bits per heavy atom. The number of nitrogens with two attached hydrogens (primary N) is 1. The van der Waals surface area contributed by atoms with Gasteiger partial charge in [0.05, 0.1) is 31.4 Å². The first-order valence-corrected chi connectivity index (χ1v) is 8.30. The van der Waals surface area contributed by atoms with Gasteiger partial charge in [-0.05, 0) is 6.92 Å². The number of primary amides is 1. The van der Waals surface area contributed by atoms with E-state index in [1.54, 1.807) is 6.92 Å². The van der Waals surface area contributed by atoms with Crippen molar-refractivity contribution in [3.8, 4) is 17.2 Å². The van der Waals surface area contributed by atoms with Crippen LogP contribution in [0.25, 0.3) is 0 Å². The first-order valence-electron chi connectivity index (χ1n) is 8.30. The molecule has 0 aliphatic carbocycles. The lowest BCUT2D eigenvalue weighted by molar-refractivity contribution is -0.119. The zero-order valence-electron chi connectivity index (χ0n) is 15.6. The van der Waals surface area contributed by atoms with Crippen LogP contribution in [-0.4, -0.2) is 26.2 Å². The lowest BCUT2D eigenvalue weighted by atomic mass is 10.1. The Kier molecular flexibility index (Phi) is 7.11. The highest BCUT2D eigenvalue weighted by Gasteiger charge is 2.17. The Bertz CT molecular complexity index is 813. The molecule has 0 fully saturated rings. The Morgan fingerprint density at radius 2 is 1.57 bits per heavy atom. The number of amides is 1. The summed E-state index contributed by atoms with van der Waals surface area (Å²) < 4.78 is 56.6. The molecule has 0 spiro atoms. The highest BCUT2D eigenvalue weighted by Crippen LogP contribution is 2.34. The van der Waals surface area contributed by atoms with Crippen LogP contribution in [0.2, 0.25) is 0 Å². The summed E-state index contributed by atoms with van der Waals surface area (Å²) in [5.41, 5.74) is 5.42. The van der Waals surface area contributed by atoms with Gasteiger partial charge in [-0.3, -0.25) is 4.79 Å². The minimum absolute atomic E-state index is 0.220. The zero-order valence-corrected chi connectivity index (χ0v) is 15.6. The maximum Gasteiger partial charge on any atom is 0.234 e. The molecule has 3 N–H and O–H groups in total. The molecule has 6 nitrogen and oxygen atoms in total. The summed E-state index contributed by atoms with van der Waals surface area (Å²) in [5.74, 6) is -2.64. The van der Waals surface area contributed by atoms with E-state index in [0.717, 1.165) is 0 Å². The van der Waals surface area contributed by atoms with Gasteiger partial charge in [-0.15, -0.1) is 0 Å². The SMILES string of the molecule is COc1cc(OCc2c(F)cc(F)cc2F)cc(OC)c1CNC(C)C(N)=O. The lowest BCUT2D eigenvalue weighted by Gasteiger charge is -2.18. The number of benzene rings is 2. The van der Waals surface area contributed by atoms with Gasteiger partial charge in [-0.1, -0.05) is 0 Å². The molecule has 28 heavy (non-hydrogen) atoms. The topological polar surface area (TPSA) is 82.8 Å². The predicted octanol–water partition coefficient (Wildman–Crippen LogP) is 2.66. The molecule has 0 bridgehead atoms. The van der Waals surface area contributed by atoms with Gasteiger partial charge in [0.2, 0.25) is 5.91 Å². The molecule has 0 aromatic heterocycles. The van der Waals surface area contributed by atoms with E-state index in [0.29, 0.717) is 29.2 Å². The molecule has 0 saturated carbocycles. The summed E-state index contributed by atoms with van der Waals surface area (Å²) in [7, 11) is 2.86. The quantitative estimate of drug-likeness (QED) is 0.679. The van der Waals surface area contributed by atoms with Gasteiger partial charge in [0.15, 0.2) is 0 Å². The van der Waals surface area contributed by atoms with E-state index in [9.17, 15) is 18.0 Å². The van der Waals surface area contributed by atoms with Gasteiger partial charge in [0.25, 0.3) is 0 Å². The molecule has 0 aliphatic heterocycles. The molecule has 0 radical (unpaired) electrons. The molecule has 9 heteroatoms. The number of carbonyl (C=O) groups excluding carboxylic acids is 1. The number of hydrogen-bond acceptors (Lipinski definition) is 5. The van der Waals surface area contributed by atoms with Crippen LogP contribution in [0.4, 0.5) is 13.2 Å². The molecule has 2 aromatic rings. The van der Waals surface area contributed by atoms with E-state index in [-0.39, 0.29) is 12.3 Å². The highest BCUT2D eigenvalue weighted by atomic mass is 19.1. The molecule has 2 aromatic carbocycles. The molecular formula is C19H21F3N2O4. The van der Waals surface area contributed by atoms with E-state index in [4.69, 9.17) is 19.9 Å². The smallest absolute Gasteiger partial charge is 0.234 e. The summed E-state index contributed by atoms with van der Waals surface area (Å²) in [6, 6.07) is 3.60. The van der Waals surface area contributed by atoms with Gasteiger partial charge in [-0.2, -0.15) is 0 Å². The number of rotatable bonds is 9. The average molecular weight is 398 g/mol. The van der Waals surface area contributed by atoms with E-state index in [1.807, 2.05) is 0 Å². The normalized spacial score (nSPS) is 11.8. The van der Waals surface area contributed by atoms with E-state index in [1.165, 1.54) is 26.4 Å². The molecular weight excluding hydrogens is 377 g/mol. The van der Waals surface area contributed by atoms with Crippen molar-refractivity contribution in [1.29, 1.82) is 0 Å².